The molecule has 0 aliphatic rings. The van der Waals surface area contributed by atoms with Crippen molar-refractivity contribution in [3.8, 4) is 6.07 Å². The SMILES string of the molecule is N#Cc1ccccc1COC(=O)CSCC(=O)Nc1ccc(Cl)cc1. The Kier molecular flexibility index (Phi) is 7.33. The lowest BCUT2D eigenvalue weighted by molar-refractivity contribution is -0.141. The van der Waals surface area contributed by atoms with Crippen molar-refractivity contribution in [3.05, 3.63) is 64.7 Å². The number of nitrogens with one attached hydrogen (secondary N) is 1. The van der Waals surface area contributed by atoms with Gasteiger partial charge in [0.2, 0.25) is 5.91 Å². The fraction of sp³-hybridized carbons (Fsp3) is 0.167. The summed E-state index contributed by atoms with van der Waals surface area (Å²) in [6, 6.07) is 15.7. The van der Waals surface area contributed by atoms with E-state index < -0.39 is 5.97 Å². The third kappa shape index (κ3) is 6.49. The fourth-order valence-corrected chi connectivity index (χ4v) is 2.65. The lowest BCUT2D eigenvalue weighted by atomic mass is 10.1. The van der Waals surface area contributed by atoms with E-state index in [-0.39, 0.29) is 24.0 Å². The molecule has 0 radical (unpaired) electrons. The number of benzene rings is 2. The van der Waals surface area contributed by atoms with Gasteiger partial charge in [0.1, 0.15) is 6.61 Å². The van der Waals surface area contributed by atoms with Crippen LogP contribution in [0.25, 0.3) is 0 Å². The van der Waals surface area contributed by atoms with Gasteiger partial charge in [0.05, 0.1) is 23.1 Å². The molecule has 0 saturated heterocycles. The Morgan fingerprint density at radius 2 is 1.84 bits per heavy atom. The zero-order valence-corrected chi connectivity index (χ0v) is 14.8. The number of esters is 1. The van der Waals surface area contributed by atoms with Crippen LogP contribution in [0.5, 0.6) is 0 Å². The molecule has 25 heavy (non-hydrogen) atoms. The Morgan fingerprint density at radius 3 is 2.56 bits per heavy atom. The van der Waals surface area contributed by atoms with E-state index in [9.17, 15) is 9.59 Å². The van der Waals surface area contributed by atoms with Gasteiger partial charge >= 0.3 is 5.97 Å². The molecule has 2 aromatic rings. The number of carbonyl (C=O) groups excluding carboxylic acids is 2. The summed E-state index contributed by atoms with van der Waals surface area (Å²) >= 11 is 6.93. The molecule has 0 saturated carbocycles. The maximum Gasteiger partial charge on any atom is 0.316 e. The summed E-state index contributed by atoms with van der Waals surface area (Å²) in [6.07, 6.45) is 0. The van der Waals surface area contributed by atoms with E-state index in [1.54, 1.807) is 48.5 Å². The molecule has 1 amide bonds. The number of nitrogens with zero attached hydrogens (tertiary/aromatic N) is 1. The second kappa shape index (κ2) is 9.72. The van der Waals surface area contributed by atoms with Gasteiger partial charge < -0.3 is 10.1 Å². The minimum absolute atomic E-state index is 0.0418. The van der Waals surface area contributed by atoms with Crippen molar-refractivity contribution >= 4 is 40.9 Å². The van der Waals surface area contributed by atoms with Gasteiger partial charge in [-0.25, -0.2) is 0 Å². The monoisotopic (exact) mass is 374 g/mol. The van der Waals surface area contributed by atoms with Gasteiger partial charge in [-0.1, -0.05) is 29.8 Å². The summed E-state index contributed by atoms with van der Waals surface area (Å²) in [5, 5.41) is 12.3. The molecule has 0 aliphatic carbocycles. The molecule has 0 aliphatic heterocycles. The van der Waals surface area contributed by atoms with Crippen molar-refractivity contribution < 1.29 is 14.3 Å². The summed E-state index contributed by atoms with van der Waals surface area (Å²) < 4.78 is 5.13. The Labute approximate surface area is 154 Å². The highest BCUT2D eigenvalue weighted by atomic mass is 35.5. The number of halogens is 1. The summed E-state index contributed by atoms with van der Waals surface area (Å²) in [5.41, 5.74) is 1.78. The topological polar surface area (TPSA) is 79.2 Å². The first-order chi connectivity index (χ1) is 12.1. The van der Waals surface area contributed by atoms with E-state index in [2.05, 4.69) is 5.32 Å². The highest BCUT2D eigenvalue weighted by Crippen LogP contribution is 2.14. The van der Waals surface area contributed by atoms with E-state index in [4.69, 9.17) is 21.6 Å². The number of hydrogen-bond donors (Lipinski definition) is 1. The molecule has 128 valence electrons. The molecule has 0 spiro atoms. The van der Waals surface area contributed by atoms with Crippen LogP contribution in [0.15, 0.2) is 48.5 Å². The molecular formula is C18H15ClN2O3S. The summed E-state index contributed by atoms with van der Waals surface area (Å²) in [6.45, 7) is 0.0418. The fourth-order valence-electron chi connectivity index (χ4n) is 1.91. The molecule has 0 atom stereocenters. The van der Waals surface area contributed by atoms with Crippen LogP contribution >= 0.6 is 23.4 Å². The number of ether oxygens (including phenoxy) is 1. The van der Waals surface area contributed by atoms with Crippen LogP contribution < -0.4 is 5.32 Å². The van der Waals surface area contributed by atoms with Crippen LogP contribution in [0.4, 0.5) is 5.69 Å². The van der Waals surface area contributed by atoms with Gasteiger partial charge in [-0.15, -0.1) is 11.8 Å². The van der Waals surface area contributed by atoms with Crippen LogP contribution in [0.1, 0.15) is 11.1 Å². The van der Waals surface area contributed by atoms with Crippen LogP contribution in [-0.4, -0.2) is 23.4 Å². The smallest absolute Gasteiger partial charge is 0.316 e. The largest absolute Gasteiger partial charge is 0.460 e. The molecule has 5 nitrogen and oxygen atoms in total. The van der Waals surface area contributed by atoms with E-state index in [0.29, 0.717) is 21.8 Å². The molecule has 1 N–H and O–H groups in total. The van der Waals surface area contributed by atoms with Gasteiger partial charge in [0.25, 0.3) is 0 Å². The summed E-state index contributed by atoms with van der Waals surface area (Å²) in [5.74, 6) is -0.457. The van der Waals surface area contributed by atoms with Crippen molar-refractivity contribution in [1.29, 1.82) is 5.26 Å². The number of amides is 1. The van der Waals surface area contributed by atoms with E-state index in [1.165, 1.54) is 0 Å². The van der Waals surface area contributed by atoms with Crippen molar-refractivity contribution in [3.63, 3.8) is 0 Å². The molecule has 0 heterocycles. The van der Waals surface area contributed by atoms with E-state index in [0.717, 1.165) is 11.8 Å². The third-order valence-electron chi connectivity index (χ3n) is 3.11. The average molecular weight is 375 g/mol. The van der Waals surface area contributed by atoms with Gasteiger partial charge in [0, 0.05) is 16.3 Å². The predicted molar refractivity (Wildman–Crippen MR) is 98.4 cm³/mol. The standard InChI is InChI=1S/C18H15ClN2O3S/c19-15-5-7-16(8-6-15)21-17(22)11-25-12-18(23)24-10-14-4-2-1-3-13(14)9-20/h1-8H,10-12H2,(H,21,22). The molecule has 0 unspecified atom stereocenters. The van der Waals surface area contributed by atoms with Gasteiger partial charge in [-0.2, -0.15) is 5.26 Å². The van der Waals surface area contributed by atoms with Crippen LogP contribution in [-0.2, 0) is 20.9 Å². The highest BCUT2D eigenvalue weighted by molar-refractivity contribution is 8.00. The first-order valence-electron chi connectivity index (χ1n) is 7.35. The van der Waals surface area contributed by atoms with E-state index in [1.807, 2.05) is 6.07 Å². The van der Waals surface area contributed by atoms with Crippen LogP contribution in [0, 0.1) is 11.3 Å². The van der Waals surface area contributed by atoms with Crippen molar-refractivity contribution in [2.24, 2.45) is 0 Å². The first kappa shape index (κ1) is 18.8. The molecule has 0 bridgehead atoms. The quantitative estimate of drug-likeness (QED) is 0.748. The number of rotatable bonds is 7. The first-order valence-corrected chi connectivity index (χ1v) is 8.88. The second-order valence-corrected chi connectivity index (χ2v) is 6.40. The second-order valence-electron chi connectivity index (χ2n) is 4.98. The number of thioether (sulfide) groups is 1. The van der Waals surface area contributed by atoms with Crippen LogP contribution in [0.2, 0.25) is 5.02 Å². The summed E-state index contributed by atoms with van der Waals surface area (Å²) in [4.78, 5) is 23.5. The van der Waals surface area contributed by atoms with Crippen molar-refractivity contribution in [2.45, 2.75) is 6.61 Å². The normalized spacial score (nSPS) is 9.92. The Balaban J connectivity index is 1.69. The maximum atomic E-state index is 11.8. The Morgan fingerprint density at radius 1 is 1.12 bits per heavy atom. The molecule has 7 heteroatoms. The molecule has 0 aromatic heterocycles. The zero-order chi connectivity index (χ0) is 18.1. The maximum absolute atomic E-state index is 11.8. The van der Waals surface area contributed by atoms with Crippen molar-refractivity contribution in [2.75, 3.05) is 16.8 Å². The summed E-state index contributed by atoms with van der Waals surface area (Å²) in [7, 11) is 0. The zero-order valence-electron chi connectivity index (χ0n) is 13.2. The van der Waals surface area contributed by atoms with Gasteiger partial charge in [-0.05, 0) is 30.3 Å². The van der Waals surface area contributed by atoms with E-state index >= 15 is 0 Å². The number of carbonyl (C=O) groups is 2. The lowest BCUT2D eigenvalue weighted by Crippen LogP contribution is -2.16. The highest BCUT2D eigenvalue weighted by Gasteiger charge is 2.09. The Hall–Kier alpha value is -2.49. The average Bonchev–Trinajstić information content (AvgIpc) is 2.62. The van der Waals surface area contributed by atoms with Gasteiger partial charge in [-0.3, -0.25) is 9.59 Å². The molecule has 2 aromatic carbocycles. The minimum atomic E-state index is -0.433. The molecule has 0 fully saturated rings. The predicted octanol–water partition coefficient (Wildman–Crippen LogP) is 3.63. The van der Waals surface area contributed by atoms with Gasteiger partial charge in [0.15, 0.2) is 0 Å². The number of anilines is 1. The van der Waals surface area contributed by atoms with Crippen molar-refractivity contribution in [1.82, 2.24) is 0 Å². The minimum Gasteiger partial charge on any atom is -0.460 e. The number of hydrogen-bond acceptors (Lipinski definition) is 5. The lowest BCUT2D eigenvalue weighted by Gasteiger charge is -2.07. The third-order valence-corrected chi connectivity index (χ3v) is 4.27. The molecular weight excluding hydrogens is 360 g/mol. The number of nitriles is 1. The van der Waals surface area contributed by atoms with Crippen LogP contribution in [0.3, 0.4) is 0 Å². The molecule has 2 rings (SSSR count). The Bertz CT molecular complexity index is 788.